The Balaban J connectivity index is 2.01. The Morgan fingerprint density at radius 3 is 2.29 bits per heavy atom. The van der Waals surface area contributed by atoms with E-state index in [0.717, 1.165) is 11.3 Å². The molecule has 0 aliphatic heterocycles. The predicted molar refractivity (Wildman–Crippen MR) is 97.4 cm³/mol. The summed E-state index contributed by atoms with van der Waals surface area (Å²) in [5.41, 5.74) is 3.17. The van der Waals surface area contributed by atoms with Gasteiger partial charge in [-0.05, 0) is 36.2 Å². The number of hydrogen-bond acceptors (Lipinski definition) is 2. The molecule has 3 rings (SSSR count). The van der Waals surface area contributed by atoms with Crippen LogP contribution in [0.1, 0.15) is 21.5 Å². The van der Waals surface area contributed by atoms with Crippen LogP contribution in [0.4, 0.5) is 5.69 Å². The number of pyridine rings is 1. The van der Waals surface area contributed by atoms with E-state index < -0.39 is 0 Å². The third-order valence-electron chi connectivity index (χ3n) is 3.87. The summed E-state index contributed by atoms with van der Waals surface area (Å²) in [7, 11) is 0. The quantitative estimate of drug-likeness (QED) is 0.635. The Morgan fingerprint density at radius 2 is 1.62 bits per heavy atom. The summed E-state index contributed by atoms with van der Waals surface area (Å²) in [6.45, 7) is 2.30. The van der Waals surface area contributed by atoms with Crippen LogP contribution in [0, 0.1) is 6.92 Å². The minimum absolute atomic E-state index is 0.0909. The molecule has 3 aromatic rings. The van der Waals surface area contributed by atoms with Crippen LogP contribution in [0.25, 0.3) is 0 Å². The highest BCUT2D eigenvalue weighted by atomic mass is 35.5. The topological polar surface area (TPSA) is 33.2 Å². The Kier molecular flexibility index (Phi) is 4.92. The van der Waals surface area contributed by atoms with E-state index in [9.17, 15) is 4.79 Å². The van der Waals surface area contributed by atoms with Gasteiger partial charge in [-0.15, -0.1) is 0 Å². The Morgan fingerprint density at radius 1 is 1.00 bits per heavy atom. The van der Waals surface area contributed by atoms with Crippen LogP contribution < -0.4 is 4.90 Å². The molecule has 0 N–H and O–H groups in total. The maximum absolute atomic E-state index is 13.2. The molecular formula is C20H17ClN2O. The molecule has 2 aromatic carbocycles. The van der Waals surface area contributed by atoms with Gasteiger partial charge in [0.05, 0.1) is 6.54 Å². The van der Waals surface area contributed by atoms with Gasteiger partial charge in [0.25, 0.3) is 5.91 Å². The lowest BCUT2D eigenvalue weighted by atomic mass is 10.1. The van der Waals surface area contributed by atoms with Gasteiger partial charge in [-0.3, -0.25) is 4.79 Å². The Hall–Kier alpha value is -2.65. The number of benzene rings is 2. The summed E-state index contributed by atoms with van der Waals surface area (Å²) in [6, 6.07) is 21.3. The van der Waals surface area contributed by atoms with Gasteiger partial charge in [0.1, 0.15) is 5.15 Å². The van der Waals surface area contributed by atoms with Crippen molar-refractivity contribution in [2.75, 3.05) is 4.90 Å². The SMILES string of the molecule is Cc1c(C(=O)N(Cc2ccccc2)c2ccccc2)ccnc1Cl. The van der Waals surface area contributed by atoms with Crippen molar-refractivity contribution in [3.05, 3.63) is 94.8 Å². The second-order valence-corrected chi connectivity index (χ2v) is 5.84. The van der Waals surface area contributed by atoms with Crippen LogP contribution in [0.3, 0.4) is 0 Å². The van der Waals surface area contributed by atoms with Crippen molar-refractivity contribution in [3.63, 3.8) is 0 Å². The molecule has 4 heteroatoms. The third-order valence-corrected chi connectivity index (χ3v) is 4.25. The fourth-order valence-electron chi connectivity index (χ4n) is 2.54. The number of carbonyl (C=O) groups is 1. The van der Waals surface area contributed by atoms with Gasteiger partial charge in [0, 0.05) is 17.4 Å². The van der Waals surface area contributed by atoms with E-state index in [4.69, 9.17) is 11.6 Å². The van der Waals surface area contributed by atoms with Gasteiger partial charge in [-0.2, -0.15) is 0 Å². The van der Waals surface area contributed by atoms with E-state index in [1.54, 1.807) is 17.2 Å². The van der Waals surface area contributed by atoms with Crippen LogP contribution >= 0.6 is 11.6 Å². The summed E-state index contributed by atoms with van der Waals surface area (Å²) < 4.78 is 0. The Labute approximate surface area is 146 Å². The summed E-state index contributed by atoms with van der Waals surface area (Å²) in [4.78, 5) is 19.0. The normalized spacial score (nSPS) is 10.4. The molecule has 0 spiro atoms. The van der Waals surface area contributed by atoms with Crippen LogP contribution in [-0.4, -0.2) is 10.9 Å². The highest BCUT2D eigenvalue weighted by Gasteiger charge is 2.20. The van der Waals surface area contributed by atoms with E-state index in [-0.39, 0.29) is 5.91 Å². The molecule has 3 nitrogen and oxygen atoms in total. The highest BCUT2D eigenvalue weighted by Crippen LogP contribution is 2.23. The van der Waals surface area contributed by atoms with Gasteiger partial charge in [-0.1, -0.05) is 60.1 Å². The molecule has 120 valence electrons. The fraction of sp³-hybridized carbons (Fsp3) is 0.100. The smallest absolute Gasteiger partial charge is 0.259 e. The second kappa shape index (κ2) is 7.28. The number of rotatable bonds is 4. The van der Waals surface area contributed by atoms with Crippen LogP contribution in [0.5, 0.6) is 0 Å². The lowest BCUT2D eigenvalue weighted by Crippen LogP contribution is -2.31. The van der Waals surface area contributed by atoms with Gasteiger partial charge < -0.3 is 4.90 Å². The molecule has 1 heterocycles. The zero-order valence-corrected chi connectivity index (χ0v) is 14.1. The van der Waals surface area contributed by atoms with Crippen molar-refractivity contribution < 1.29 is 4.79 Å². The standard InChI is InChI=1S/C20H17ClN2O/c1-15-18(12-13-22-19(15)21)20(24)23(17-10-6-3-7-11-17)14-16-8-4-2-5-9-16/h2-13H,14H2,1H3. The molecule has 0 aliphatic rings. The van der Waals surface area contributed by atoms with Crippen LogP contribution in [-0.2, 0) is 6.54 Å². The fourth-order valence-corrected chi connectivity index (χ4v) is 2.70. The van der Waals surface area contributed by atoms with E-state index in [2.05, 4.69) is 4.98 Å². The molecule has 0 fully saturated rings. The highest BCUT2D eigenvalue weighted by molar-refractivity contribution is 6.30. The van der Waals surface area contributed by atoms with E-state index in [1.807, 2.05) is 67.6 Å². The lowest BCUT2D eigenvalue weighted by Gasteiger charge is -2.24. The Bertz CT molecular complexity index is 835. The molecular weight excluding hydrogens is 320 g/mol. The molecule has 1 amide bonds. The molecule has 0 bridgehead atoms. The summed E-state index contributed by atoms with van der Waals surface area (Å²) in [5.74, 6) is -0.0909. The lowest BCUT2D eigenvalue weighted by molar-refractivity contribution is 0.0984. The monoisotopic (exact) mass is 336 g/mol. The van der Waals surface area contributed by atoms with Gasteiger partial charge in [0.15, 0.2) is 0 Å². The first kappa shape index (κ1) is 16.2. The second-order valence-electron chi connectivity index (χ2n) is 5.49. The number of anilines is 1. The maximum atomic E-state index is 13.2. The van der Waals surface area contributed by atoms with Crippen molar-refractivity contribution in [2.24, 2.45) is 0 Å². The molecule has 0 aliphatic carbocycles. The molecule has 0 radical (unpaired) electrons. The van der Waals surface area contributed by atoms with Crippen molar-refractivity contribution in [2.45, 2.75) is 13.5 Å². The van der Waals surface area contributed by atoms with Gasteiger partial charge >= 0.3 is 0 Å². The number of para-hydroxylation sites is 1. The number of halogens is 1. The summed E-state index contributed by atoms with van der Waals surface area (Å²) >= 11 is 6.09. The third kappa shape index (κ3) is 3.47. The van der Waals surface area contributed by atoms with Crippen LogP contribution in [0.15, 0.2) is 72.9 Å². The predicted octanol–water partition coefficient (Wildman–Crippen LogP) is 4.89. The van der Waals surface area contributed by atoms with E-state index in [1.165, 1.54) is 0 Å². The van der Waals surface area contributed by atoms with Crippen molar-refractivity contribution in [1.29, 1.82) is 0 Å². The molecule has 1 aromatic heterocycles. The summed E-state index contributed by atoms with van der Waals surface area (Å²) in [6.07, 6.45) is 1.56. The van der Waals surface area contributed by atoms with E-state index >= 15 is 0 Å². The molecule has 0 atom stereocenters. The zero-order chi connectivity index (χ0) is 16.9. The number of carbonyl (C=O) groups excluding carboxylic acids is 1. The molecule has 0 saturated carbocycles. The average Bonchev–Trinajstić information content (AvgIpc) is 2.63. The first-order valence-electron chi connectivity index (χ1n) is 7.69. The average molecular weight is 337 g/mol. The number of hydrogen-bond donors (Lipinski definition) is 0. The molecule has 0 unspecified atom stereocenters. The number of amides is 1. The maximum Gasteiger partial charge on any atom is 0.259 e. The largest absolute Gasteiger partial charge is 0.304 e. The van der Waals surface area contributed by atoms with Crippen molar-refractivity contribution >= 4 is 23.2 Å². The van der Waals surface area contributed by atoms with Gasteiger partial charge in [-0.25, -0.2) is 4.98 Å². The minimum Gasteiger partial charge on any atom is -0.304 e. The van der Waals surface area contributed by atoms with Crippen LogP contribution in [0.2, 0.25) is 5.15 Å². The van der Waals surface area contributed by atoms with Gasteiger partial charge in [0.2, 0.25) is 0 Å². The van der Waals surface area contributed by atoms with Crippen molar-refractivity contribution in [3.8, 4) is 0 Å². The van der Waals surface area contributed by atoms with Crippen molar-refractivity contribution in [1.82, 2.24) is 4.98 Å². The summed E-state index contributed by atoms with van der Waals surface area (Å²) in [5, 5.41) is 0.355. The number of aromatic nitrogens is 1. The first-order valence-corrected chi connectivity index (χ1v) is 8.06. The first-order chi connectivity index (χ1) is 11.7. The van der Waals surface area contributed by atoms with E-state index in [0.29, 0.717) is 22.8 Å². The number of nitrogens with zero attached hydrogens (tertiary/aromatic N) is 2. The zero-order valence-electron chi connectivity index (χ0n) is 13.3. The molecule has 24 heavy (non-hydrogen) atoms. The molecule has 0 saturated heterocycles. The minimum atomic E-state index is -0.0909.